The van der Waals surface area contributed by atoms with E-state index in [4.69, 9.17) is 11.6 Å². The van der Waals surface area contributed by atoms with Crippen molar-refractivity contribution in [2.75, 3.05) is 16.3 Å². The number of halogens is 1. The van der Waals surface area contributed by atoms with Gasteiger partial charge in [-0.25, -0.2) is 4.90 Å². The predicted molar refractivity (Wildman–Crippen MR) is 134 cm³/mol. The molecule has 3 aromatic rings. The first kappa shape index (κ1) is 21.5. The number of hydrogen-bond donors (Lipinski definition) is 0. The molecule has 2 amide bonds. The number of fused-ring (bicyclic) bond motifs is 1. The van der Waals surface area contributed by atoms with Crippen LogP contribution in [0.4, 0.5) is 11.4 Å². The van der Waals surface area contributed by atoms with E-state index in [1.165, 1.54) is 10.5 Å². The molecule has 0 radical (unpaired) electrons. The fourth-order valence-electron chi connectivity index (χ4n) is 4.65. The number of benzene rings is 3. The quantitative estimate of drug-likeness (QED) is 0.453. The van der Waals surface area contributed by atoms with Crippen molar-refractivity contribution in [1.82, 2.24) is 0 Å². The number of aryl methyl sites for hydroxylation is 4. The Morgan fingerprint density at radius 3 is 2.33 bits per heavy atom. The molecule has 0 saturated carbocycles. The molecule has 0 bridgehead atoms. The molecule has 3 aromatic carbocycles. The number of nitrogens with zero attached hydrogens (tertiary/aromatic N) is 2. The van der Waals surface area contributed by atoms with Gasteiger partial charge < -0.3 is 4.90 Å². The van der Waals surface area contributed by atoms with E-state index in [0.29, 0.717) is 28.5 Å². The summed E-state index contributed by atoms with van der Waals surface area (Å²) in [7, 11) is 0. The van der Waals surface area contributed by atoms with E-state index in [1.54, 1.807) is 12.1 Å². The highest BCUT2D eigenvalue weighted by Gasteiger charge is 2.43. The third-order valence-electron chi connectivity index (χ3n) is 6.65. The number of amides is 2. The molecular formula is C28H25ClN2O2. The minimum atomic E-state index is -0.318. The molecule has 0 saturated heterocycles. The lowest BCUT2D eigenvalue weighted by molar-refractivity contribution is -0.120. The van der Waals surface area contributed by atoms with Crippen LogP contribution in [0.15, 0.2) is 66.4 Å². The van der Waals surface area contributed by atoms with Gasteiger partial charge in [0.2, 0.25) is 0 Å². The summed E-state index contributed by atoms with van der Waals surface area (Å²) in [6.45, 7) is 6.64. The number of rotatable bonds is 3. The molecule has 0 aromatic heterocycles. The van der Waals surface area contributed by atoms with Crippen LogP contribution in [0.5, 0.6) is 0 Å². The molecule has 5 rings (SSSR count). The van der Waals surface area contributed by atoms with Gasteiger partial charge in [0.15, 0.2) is 0 Å². The molecule has 2 aliphatic rings. The third-order valence-corrected chi connectivity index (χ3v) is 7.06. The number of imide groups is 1. The van der Waals surface area contributed by atoms with Crippen LogP contribution in [-0.2, 0) is 16.0 Å². The second-order valence-corrected chi connectivity index (χ2v) is 9.19. The van der Waals surface area contributed by atoms with Crippen molar-refractivity contribution in [3.8, 4) is 0 Å². The van der Waals surface area contributed by atoms with E-state index in [2.05, 4.69) is 6.07 Å². The molecule has 4 nitrogen and oxygen atoms in total. The Morgan fingerprint density at radius 1 is 0.818 bits per heavy atom. The number of anilines is 2. The minimum Gasteiger partial charge on any atom is -0.336 e. The first-order valence-electron chi connectivity index (χ1n) is 11.2. The topological polar surface area (TPSA) is 40.6 Å². The molecule has 5 heteroatoms. The van der Waals surface area contributed by atoms with Gasteiger partial charge >= 0.3 is 0 Å². The van der Waals surface area contributed by atoms with Gasteiger partial charge in [-0.1, -0.05) is 54.1 Å². The lowest BCUT2D eigenvalue weighted by Gasteiger charge is -2.32. The average molecular weight is 457 g/mol. The van der Waals surface area contributed by atoms with Crippen LogP contribution in [-0.4, -0.2) is 18.4 Å². The van der Waals surface area contributed by atoms with Crippen molar-refractivity contribution >= 4 is 40.4 Å². The number of hydrogen-bond acceptors (Lipinski definition) is 3. The molecule has 0 N–H and O–H groups in total. The fraction of sp³-hybridized carbons (Fsp3) is 0.214. The van der Waals surface area contributed by atoms with Crippen LogP contribution >= 0.6 is 11.6 Å². The Balaban J connectivity index is 1.71. The number of carbonyl (C=O) groups excluding carboxylic acids is 2. The summed E-state index contributed by atoms with van der Waals surface area (Å²) in [5.74, 6) is -0.633. The maximum absolute atomic E-state index is 13.9. The summed E-state index contributed by atoms with van der Waals surface area (Å²) in [5, 5.41) is 0.526. The second kappa shape index (κ2) is 8.20. The molecule has 33 heavy (non-hydrogen) atoms. The standard InChI is InChI=1S/C28H25ClN2O2/c1-17-10-12-21(15-19(17)3)25-26(30-14-6-8-20-7-4-5-9-24(20)30)28(33)31(27(25)32)22-13-11-18(2)23(29)16-22/h4-5,7,9-13,15-16H,6,8,14H2,1-3H3. The predicted octanol–water partition coefficient (Wildman–Crippen LogP) is 6.00. The lowest BCUT2D eigenvalue weighted by atomic mass is 9.97. The first-order valence-corrected chi connectivity index (χ1v) is 11.6. The van der Waals surface area contributed by atoms with Crippen LogP contribution in [0.3, 0.4) is 0 Å². The summed E-state index contributed by atoms with van der Waals surface area (Å²) < 4.78 is 0. The van der Waals surface area contributed by atoms with E-state index >= 15 is 0 Å². The van der Waals surface area contributed by atoms with Gasteiger partial charge in [0.05, 0.1) is 11.3 Å². The highest BCUT2D eigenvalue weighted by molar-refractivity contribution is 6.46. The zero-order valence-corrected chi connectivity index (χ0v) is 19.7. The van der Waals surface area contributed by atoms with E-state index < -0.39 is 0 Å². The maximum Gasteiger partial charge on any atom is 0.282 e. The Labute approximate surface area is 199 Å². The number of para-hydroxylation sites is 1. The summed E-state index contributed by atoms with van der Waals surface area (Å²) >= 11 is 6.36. The average Bonchev–Trinajstić information content (AvgIpc) is 3.07. The Kier molecular flexibility index (Phi) is 5.34. The Hall–Kier alpha value is -3.37. The fourth-order valence-corrected chi connectivity index (χ4v) is 4.82. The van der Waals surface area contributed by atoms with Gasteiger partial charge in [0.1, 0.15) is 5.70 Å². The molecule has 0 fully saturated rings. The van der Waals surface area contributed by atoms with Gasteiger partial charge in [-0.05, 0) is 79.6 Å². The van der Waals surface area contributed by atoms with Crippen molar-refractivity contribution in [2.24, 2.45) is 0 Å². The third kappa shape index (κ3) is 3.55. The van der Waals surface area contributed by atoms with E-state index in [9.17, 15) is 9.59 Å². The van der Waals surface area contributed by atoms with Gasteiger partial charge in [-0.2, -0.15) is 0 Å². The SMILES string of the molecule is Cc1ccc(C2=C(N3CCCc4ccccc43)C(=O)N(c3ccc(C)c(Cl)c3)C2=O)cc1C. The first-order chi connectivity index (χ1) is 15.9. The van der Waals surface area contributed by atoms with Crippen LogP contribution in [0, 0.1) is 20.8 Å². The van der Waals surface area contributed by atoms with E-state index in [0.717, 1.165) is 40.8 Å². The van der Waals surface area contributed by atoms with Crippen molar-refractivity contribution in [2.45, 2.75) is 33.6 Å². The molecule has 2 heterocycles. The maximum atomic E-state index is 13.9. The van der Waals surface area contributed by atoms with Crippen LogP contribution in [0.1, 0.15) is 34.2 Å². The van der Waals surface area contributed by atoms with Crippen molar-refractivity contribution in [1.29, 1.82) is 0 Å². The minimum absolute atomic E-state index is 0.315. The van der Waals surface area contributed by atoms with Gasteiger partial charge in [-0.3, -0.25) is 9.59 Å². The summed E-state index contributed by atoms with van der Waals surface area (Å²) in [4.78, 5) is 31.1. The molecule has 0 aliphatic carbocycles. The monoisotopic (exact) mass is 456 g/mol. The lowest BCUT2D eigenvalue weighted by Crippen LogP contribution is -2.37. The molecule has 0 spiro atoms. The smallest absolute Gasteiger partial charge is 0.282 e. The van der Waals surface area contributed by atoms with Gasteiger partial charge in [-0.15, -0.1) is 0 Å². The molecule has 0 unspecified atom stereocenters. The largest absolute Gasteiger partial charge is 0.336 e. The second-order valence-electron chi connectivity index (χ2n) is 8.79. The normalized spacial score (nSPS) is 16.0. The van der Waals surface area contributed by atoms with Crippen molar-refractivity contribution < 1.29 is 9.59 Å². The van der Waals surface area contributed by atoms with E-state index in [1.807, 2.05) is 68.1 Å². The van der Waals surface area contributed by atoms with Crippen LogP contribution in [0.25, 0.3) is 5.57 Å². The summed E-state index contributed by atoms with van der Waals surface area (Å²) in [5.41, 5.74) is 7.42. The highest BCUT2D eigenvalue weighted by atomic mass is 35.5. The zero-order chi connectivity index (χ0) is 23.3. The Bertz CT molecular complexity index is 1340. The highest BCUT2D eigenvalue weighted by Crippen LogP contribution is 2.40. The summed E-state index contributed by atoms with van der Waals surface area (Å²) in [6.07, 6.45) is 1.87. The van der Waals surface area contributed by atoms with Gasteiger partial charge in [0, 0.05) is 17.3 Å². The molecule has 0 atom stereocenters. The number of carbonyl (C=O) groups is 2. The zero-order valence-electron chi connectivity index (χ0n) is 19.0. The van der Waals surface area contributed by atoms with Crippen molar-refractivity contribution in [3.05, 3.63) is 99.2 Å². The van der Waals surface area contributed by atoms with Gasteiger partial charge in [0.25, 0.3) is 11.8 Å². The van der Waals surface area contributed by atoms with E-state index in [-0.39, 0.29) is 11.8 Å². The molecule has 2 aliphatic heterocycles. The van der Waals surface area contributed by atoms with Crippen LogP contribution in [0.2, 0.25) is 5.02 Å². The molecular weight excluding hydrogens is 432 g/mol. The Morgan fingerprint density at radius 2 is 1.58 bits per heavy atom. The molecule has 166 valence electrons. The van der Waals surface area contributed by atoms with Crippen LogP contribution < -0.4 is 9.80 Å². The summed E-state index contributed by atoms with van der Waals surface area (Å²) in [6, 6.07) is 19.4. The van der Waals surface area contributed by atoms with Crippen molar-refractivity contribution in [3.63, 3.8) is 0 Å².